The number of benzene rings is 1. The molecule has 0 aliphatic heterocycles. The van der Waals surface area contributed by atoms with E-state index in [0.717, 1.165) is 37.1 Å². The lowest BCUT2D eigenvalue weighted by Gasteiger charge is -2.39. The first-order valence-corrected chi connectivity index (χ1v) is 12.4. The van der Waals surface area contributed by atoms with Gasteiger partial charge in [0.2, 0.25) is 5.89 Å². The maximum Gasteiger partial charge on any atom is 0.268 e. The Labute approximate surface area is 202 Å². The lowest BCUT2D eigenvalue weighted by atomic mass is 9.70. The van der Waals surface area contributed by atoms with Crippen molar-refractivity contribution in [1.29, 1.82) is 0 Å². The molecule has 4 rings (SSSR count). The van der Waals surface area contributed by atoms with E-state index >= 15 is 0 Å². The Hall–Kier alpha value is -2.96. The summed E-state index contributed by atoms with van der Waals surface area (Å²) in [5.74, 6) is 2.06. The van der Waals surface area contributed by atoms with Gasteiger partial charge in [0, 0.05) is 24.2 Å². The fourth-order valence-corrected chi connectivity index (χ4v) is 5.27. The molecule has 1 N–H and O–H groups in total. The van der Waals surface area contributed by atoms with Crippen molar-refractivity contribution in [2.24, 2.45) is 17.3 Å². The average Bonchev–Trinajstić information content (AvgIpc) is 3.37. The van der Waals surface area contributed by atoms with Crippen molar-refractivity contribution in [1.82, 2.24) is 25.3 Å². The zero-order chi connectivity index (χ0) is 24.5. The van der Waals surface area contributed by atoms with Gasteiger partial charge in [0.05, 0.1) is 5.69 Å². The molecule has 2 heterocycles. The molecule has 1 aromatic carbocycles. The van der Waals surface area contributed by atoms with Gasteiger partial charge in [-0.15, -0.1) is 10.2 Å². The minimum atomic E-state index is -0.0274. The molecule has 182 valence electrons. The number of aromatic nitrogens is 4. The first kappa shape index (κ1) is 24.2. The highest BCUT2D eigenvalue weighted by Crippen LogP contribution is 2.38. The Balaban J connectivity index is 1.59. The Morgan fingerprint density at radius 1 is 1.24 bits per heavy atom. The molecule has 0 saturated heterocycles. The zero-order valence-electron chi connectivity index (χ0n) is 21.3. The highest BCUT2D eigenvalue weighted by molar-refractivity contribution is 5.95. The first-order chi connectivity index (χ1) is 16.1. The molecule has 0 bridgehead atoms. The number of nitrogens with zero attached hydrogens (tertiary/aromatic N) is 4. The SMILES string of the molecule is Cc1nnc(-c2cc(CCC(C)C)n(-c3cccc(C(=O)NC4CC(C)CC(C)(C)C4)c3)n2)o1. The van der Waals surface area contributed by atoms with Crippen LogP contribution in [0, 0.1) is 24.2 Å². The second-order valence-electron chi connectivity index (χ2n) is 11.1. The molecule has 3 aromatic rings. The highest BCUT2D eigenvalue weighted by Gasteiger charge is 2.32. The molecule has 7 heteroatoms. The van der Waals surface area contributed by atoms with Crippen LogP contribution in [0.4, 0.5) is 0 Å². The Bertz CT molecular complexity index is 1140. The monoisotopic (exact) mass is 463 g/mol. The minimum absolute atomic E-state index is 0.0274. The Kier molecular flexibility index (Phi) is 6.91. The van der Waals surface area contributed by atoms with E-state index < -0.39 is 0 Å². The van der Waals surface area contributed by atoms with Crippen LogP contribution < -0.4 is 5.32 Å². The predicted octanol–water partition coefficient (Wildman–Crippen LogP) is 5.76. The van der Waals surface area contributed by atoms with Crippen LogP contribution in [0.3, 0.4) is 0 Å². The van der Waals surface area contributed by atoms with Gasteiger partial charge in [-0.2, -0.15) is 5.10 Å². The van der Waals surface area contributed by atoms with Gasteiger partial charge in [0.15, 0.2) is 0 Å². The fraction of sp³-hybridized carbons (Fsp3) is 0.556. The normalized spacial score (nSPS) is 20.0. The molecule has 1 aliphatic carbocycles. The number of nitrogens with one attached hydrogen (secondary N) is 1. The van der Waals surface area contributed by atoms with Crippen molar-refractivity contribution in [2.45, 2.75) is 79.7 Å². The van der Waals surface area contributed by atoms with E-state index in [2.05, 4.69) is 50.1 Å². The van der Waals surface area contributed by atoms with Gasteiger partial charge in [0.25, 0.3) is 11.8 Å². The topological polar surface area (TPSA) is 85.8 Å². The van der Waals surface area contributed by atoms with E-state index in [4.69, 9.17) is 9.52 Å². The average molecular weight is 464 g/mol. The molecule has 1 fully saturated rings. The van der Waals surface area contributed by atoms with E-state index in [1.165, 1.54) is 6.42 Å². The molecule has 1 aliphatic rings. The van der Waals surface area contributed by atoms with Crippen LogP contribution in [-0.4, -0.2) is 31.9 Å². The number of rotatable bonds is 7. The van der Waals surface area contributed by atoms with Crippen molar-refractivity contribution in [3.63, 3.8) is 0 Å². The Morgan fingerprint density at radius 3 is 2.71 bits per heavy atom. The molecule has 1 amide bonds. The van der Waals surface area contributed by atoms with E-state index in [9.17, 15) is 4.79 Å². The summed E-state index contributed by atoms with van der Waals surface area (Å²) in [5.41, 5.74) is 3.45. The number of carbonyl (C=O) groups is 1. The number of carbonyl (C=O) groups excluding carboxylic acids is 1. The van der Waals surface area contributed by atoms with Gasteiger partial charge >= 0.3 is 0 Å². The standard InChI is InChI=1S/C27H37N5O2/c1-17(2)10-11-23-14-24(26-30-29-19(4)34-26)31-32(23)22-9-7-8-20(13-22)25(33)28-21-12-18(3)15-27(5,6)16-21/h7-9,13-14,17-18,21H,10-12,15-16H2,1-6H3,(H,28,33). The number of hydrogen-bond acceptors (Lipinski definition) is 5. The second kappa shape index (κ2) is 9.72. The van der Waals surface area contributed by atoms with Crippen LogP contribution in [-0.2, 0) is 6.42 Å². The molecular formula is C27H37N5O2. The van der Waals surface area contributed by atoms with Crippen molar-refractivity contribution in [3.05, 3.63) is 47.5 Å². The van der Waals surface area contributed by atoms with Gasteiger partial charge in [-0.1, -0.05) is 40.7 Å². The third-order valence-corrected chi connectivity index (χ3v) is 6.58. The van der Waals surface area contributed by atoms with Gasteiger partial charge < -0.3 is 9.73 Å². The van der Waals surface area contributed by atoms with Crippen LogP contribution in [0.25, 0.3) is 17.3 Å². The van der Waals surface area contributed by atoms with Crippen LogP contribution in [0.1, 0.15) is 82.2 Å². The summed E-state index contributed by atoms with van der Waals surface area (Å²) in [4.78, 5) is 13.2. The highest BCUT2D eigenvalue weighted by atomic mass is 16.4. The summed E-state index contributed by atoms with van der Waals surface area (Å²) in [5, 5.41) is 16.1. The van der Waals surface area contributed by atoms with E-state index in [0.29, 0.717) is 34.9 Å². The molecule has 34 heavy (non-hydrogen) atoms. The molecule has 1 saturated carbocycles. The molecule has 2 atom stereocenters. The maximum atomic E-state index is 13.2. The van der Waals surface area contributed by atoms with Crippen LogP contribution >= 0.6 is 0 Å². The van der Waals surface area contributed by atoms with Gasteiger partial charge in [-0.3, -0.25) is 4.79 Å². The van der Waals surface area contributed by atoms with Crippen molar-refractivity contribution >= 4 is 5.91 Å². The van der Waals surface area contributed by atoms with Crippen LogP contribution in [0.5, 0.6) is 0 Å². The summed E-state index contributed by atoms with van der Waals surface area (Å²) >= 11 is 0. The molecule has 7 nitrogen and oxygen atoms in total. The maximum absolute atomic E-state index is 13.2. The largest absolute Gasteiger partial charge is 0.420 e. The number of aryl methyl sites for hydroxylation is 2. The zero-order valence-corrected chi connectivity index (χ0v) is 21.3. The second-order valence-corrected chi connectivity index (χ2v) is 11.1. The van der Waals surface area contributed by atoms with Gasteiger partial charge in [-0.05, 0) is 73.6 Å². The smallest absolute Gasteiger partial charge is 0.268 e. The predicted molar refractivity (Wildman–Crippen MR) is 133 cm³/mol. The van der Waals surface area contributed by atoms with Crippen LogP contribution in [0.2, 0.25) is 0 Å². The summed E-state index contributed by atoms with van der Waals surface area (Å²) in [7, 11) is 0. The summed E-state index contributed by atoms with van der Waals surface area (Å²) in [6.07, 6.45) is 5.14. The molecule has 2 aromatic heterocycles. The van der Waals surface area contributed by atoms with E-state index in [-0.39, 0.29) is 17.4 Å². The first-order valence-electron chi connectivity index (χ1n) is 12.4. The van der Waals surface area contributed by atoms with Gasteiger partial charge in [-0.25, -0.2) is 4.68 Å². The quantitative estimate of drug-likeness (QED) is 0.481. The van der Waals surface area contributed by atoms with E-state index in [1.54, 1.807) is 6.92 Å². The van der Waals surface area contributed by atoms with Crippen LogP contribution in [0.15, 0.2) is 34.7 Å². The third-order valence-electron chi connectivity index (χ3n) is 6.58. The summed E-state index contributed by atoms with van der Waals surface area (Å²) < 4.78 is 7.51. The number of hydrogen-bond donors (Lipinski definition) is 1. The van der Waals surface area contributed by atoms with E-state index in [1.807, 2.05) is 35.0 Å². The van der Waals surface area contributed by atoms with Crippen molar-refractivity contribution in [2.75, 3.05) is 0 Å². The minimum Gasteiger partial charge on any atom is -0.420 e. The summed E-state index contributed by atoms with van der Waals surface area (Å²) in [6, 6.07) is 9.90. The number of amides is 1. The van der Waals surface area contributed by atoms with Crippen molar-refractivity contribution < 1.29 is 9.21 Å². The fourth-order valence-electron chi connectivity index (χ4n) is 5.27. The molecule has 2 unspecified atom stereocenters. The molecular weight excluding hydrogens is 426 g/mol. The van der Waals surface area contributed by atoms with Gasteiger partial charge in [0.1, 0.15) is 5.69 Å². The molecule has 0 spiro atoms. The molecule has 0 radical (unpaired) electrons. The third kappa shape index (κ3) is 5.75. The lowest BCUT2D eigenvalue weighted by molar-refractivity contribution is 0.0874. The Morgan fingerprint density at radius 2 is 2.03 bits per heavy atom. The lowest BCUT2D eigenvalue weighted by Crippen LogP contribution is -2.43. The summed E-state index contributed by atoms with van der Waals surface area (Å²) in [6.45, 7) is 13.0. The van der Waals surface area contributed by atoms with Crippen molar-refractivity contribution in [3.8, 4) is 17.3 Å².